The summed E-state index contributed by atoms with van der Waals surface area (Å²) in [5, 5.41) is 12.1. The normalized spacial score (nSPS) is 11.5. The lowest BCUT2D eigenvalue weighted by Gasteiger charge is -2.16. The van der Waals surface area contributed by atoms with Gasteiger partial charge in [-0.3, -0.25) is 9.59 Å². The lowest BCUT2D eigenvalue weighted by molar-refractivity contribution is -0.149. The third kappa shape index (κ3) is 4.70. The molecule has 2 aromatic rings. The highest BCUT2D eigenvalue weighted by Crippen LogP contribution is 2.13. The van der Waals surface area contributed by atoms with Crippen LogP contribution < -0.4 is 10.7 Å². The van der Waals surface area contributed by atoms with Crippen molar-refractivity contribution in [2.75, 3.05) is 0 Å². The van der Waals surface area contributed by atoms with Gasteiger partial charge >= 0.3 is 5.97 Å². The molecule has 0 saturated heterocycles. The van der Waals surface area contributed by atoms with Gasteiger partial charge in [-0.15, -0.1) is 0 Å². The Bertz CT molecular complexity index is 768. The highest BCUT2D eigenvalue weighted by atomic mass is 16.5. The first-order valence-electron chi connectivity index (χ1n) is 7.24. The lowest BCUT2D eigenvalue weighted by Crippen LogP contribution is -2.42. The summed E-state index contributed by atoms with van der Waals surface area (Å²) in [7, 11) is 0. The van der Waals surface area contributed by atoms with E-state index in [0.29, 0.717) is 0 Å². The number of carbonyl (C=O) groups excluding carboxylic acids is 2. The number of amides is 1. The van der Waals surface area contributed by atoms with Gasteiger partial charge in [0.15, 0.2) is 12.4 Å². The van der Waals surface area contributed by atoms with Gasteiger partial charge in [-0.1, -0.05) is 30.3 Å². The zero-order chi connectivity index (χ0) is 17.5. The fourth-order valence-corrected chi connectivity index (χ4v) is 2.08. The van der Waals surface area contributed by atoms with Gasteiger partial charge in [0.05, 0.1) is 6.26 Å². The molecule has 0 bridgehead atoms. The van der Waals surface area contributed by atoms with E-state index in [2.05, 4.69) is 5.32 Å². The molecule has 1 atom stereocenters. The van der Waals surface area contributed by atoms with Crippen LogP contribution in [-0.4, -0.2) is 23.0 Å². The Morgan fingerprint density at radius 2 is 1.96 bits per heavy atom. The Morgan fingerprint density at radius 1 is 1.25 bits per heavy atom. The maximum Gasteiger partial charge on any atom is 0.329 e. The highest BCUT2D eigenvalue weighted by Gasteiger charge is 2.22. The van der Waals surface area contributed by atoms with E-state index in [1.165, 1.54) is 6.92 Å². The molecule has 0 aliphatic carbocycles. The van der Waals surface area contributed by atoms with Gasteiger partial charge < -0.3 is 19.6 Å². The average molecular weight is 331 g/mol. The van der Waals surface area contributed by atoms with Crippen molar-refractivity contribution in [1.29, 1.82) is 0 Å². The molecule has 2 N–H and O–H groups in total. The van der Waals surface area contributed by atoms with Crippen molar-refractivity contribution in [3.05, 3.63) is 64.2 Å². The van der Waals surface area contributed by atoms with Crippen LogP contribution in [-0.2, 0) is 27.4 Å². The standard InChI is InChI=1S/C17H17NO6/c1-11(19)18-13(9-12-5-3-2-4-6-12)17(22)24-10-15-16(21)14(20)7-8-23-15/h2-8,13,21H,9-10H2,1H3,(H,18,19). The molecule has 7 heteroatoms. The molecule has 2 rings (SSSR count). The number of ether oxygens (including phenoxy) is 1. The number of hydrogen-bond donors (Lipinski definition) is 2. The number of aromatic hydroxyl groups is 1. The molecule has 1 aromatic heterocycles. The molecule has 0 aliphatic heterocycles. The lowest BCUT2D eigenvalue weighted by atomic mass is 10.1. The van der Waals surface area contributed by atoms with Crippen LogP contribution in [0.4, 0.5) is 0 Å². The summed E-state index contributed by atoms with van der Waals surface area (Å²) in [6.07, 6.45) is 1.35. The summed E-state index contributed by atoms with van der Waals surface area (Å²) in [6.45, 7) is 0.888. The molecule has 1 aromatic carbocycles. The predicted molar refractivity (Wildman–Crippen MR) is 84.2 cm³/mol. The molecule has 1 amide bonds. The van der Waals surface area contributed by atoms with Crippen molar-refractivity contribution in [1.82, 2.24) is 5.32 Å². The number of rotatable bonds is 6. The Hall–Kier alpha value is -3.09. The molecule has 0 aliphatic rings. The van der Waals surface area contributed by atoms with Crippen LogP contribution in [0.15, 0.2) is 51.9 Å². The molecule has 24 heavy (non-hydrogen) atoms. The average Bonchev–Trinajstić information content (AvgIpc) is 2.56. The van der Waals surface area contributed by atoms with Crippen molar-refractivity contribution in [3.8, 4) is 5.75 Å². The second kappa shape index (κ2) is 7.96. The summed E-state index contributed by atoms with van der Waals surface area (Å²) < 4.78 is 10.0. The second-order valence-electron chi connectivity index (χ2n) is 5.11. The van der Waals surface area contributed by atoms with E-state index in [-0.39, 0.29) is 18.1 Å². The van der Waals surface area contributed by atoms with Crippen LogP contribution >= 0.6 is 0 Å². The van der Waals surface area contributed by atoms with Crippen molar-refractivity contribution >= 4 is 11.9 Å². The van der Waals surface area contributed by atoms with Gasteiger partial charge in [0.1, 0.15) is 6.04 Å². The number of esters is 1. The molecule has 7 nitrogen and oxygen atoms in total. The van der Waals surface area contributed by atoms with Gasteiger partial charge in [0, 0.05) is 19.4 Å². The molecule has 1 unspecified atom stereocenters. The van der Waals surface area contributed by atoms with Gasteiger partial charge in [0.25, 0.3) is 0 Å². The minimum absolute atomic E-state index is 0.155. The zero-order valence-corrected chi connectivity index (χ0v) is 13.0. The summed E-state index contributed by atoms with van der Waals surface area (Å²) in [5.41, 5.74) is 0.220. The van der Waals surface area contributed by atoms with E-state index in [9.17, 15) is 19.5 Å². The predicted octanol–water partition coefficient (Wildman–Crippen LogP) is 1.14. The number of nitrogens with one attached hydrogen (secondary N) is 1. The van der Waals surface area contributed by atoms with Crippen molar-refractivity contribution in [2.24, 2.45) is 0 Å². The first-order valence-corrected chi connectivity index (χ1v) is 7.24. The van der Waals surface area contributed by atoms with Crippen LogP contribution in [0, 0.1) is 0 Å². The fourth-order valence-electron chi connectivity index (χ4n) is 2.08. The summed E-state index contributed by atoms with van der Waals surface area (Å²) in [4.78, 5) is 34.8. The van der Waals surface area contributed by atoms with Gasteiger partial charge in [-0.2, -0.15) is 0 Å². The molecule has 1 heterocycles. The quantitative estimate of drug-likeness (QED) is 0.769. The first-order chi connectivity index (χ1) is 11.5. The van der Waals surface area contributed by atoms with Crippen molar-refractivity contribution < 1.29 is 23.8 Å². The Labute approximate surface area is 137 Å². The van der Waals surface area contributed by atoms with E-state index in [1.807, 2.05) is 30.3 Å². The topological polar surface area (TPSA) is 106 Å². The van der Waals surface area contributed by atoms with E-state index in [0.717, 1.165) is 17.9 Å². The Kier molecular flexibility index (Phi) is 5.73. The first kappa shape index (κ1) is 17.3. The molecule has 0 saturated carbocycles. The third-order valence-corrected chi connectivity index (χ3v) is 3.22. The summed E-state index contributed by atoms with van der Waals surface area (Å²) in [5.74, 6) is -1.83. The smallest absolute Gasteiger partial charge is 0.329 e. The maximum absolute atomic E-state index is 12.2. The molecular weight excluding hydrogens is 314 g/mol. The molecule has 0 fully saturated rings. The third-order valence-electron chi connectivity index (χ3n) is 3.22. The Morgan fingerprint density at radius 3 is 2.62 bits per heavy atom. The van der Waals surface area contributed by atoms with Gasteiger partial charge in [-0.25, -0.2) is 4.79 Å². The largest absolute Gasteiger partial charge is 0.502 e. The zero-order valence-electron chi connectivity index (χ0n) is 13.0. The minimum atomic E-state index is -0.887. The Balaban J connectivity index is 2.06. The van der Waals surface area contributed by atoms with Crippen molar-refractivity contribution in [3.63, 3.8) is 0 Å². The van der Waals surface area contributed by atoms with Crippen LogP contribution in [0.1, 0.15) is 18.2 Å². The van der Waals surface area contributed by atoms with Crippen molar-refractivity contribution in [2.45, 2.75) is 26.0 Å². The van der Waals surface area contributed by atoms with Crippen LogP contribution in [0.25, 0.3) is 0 Å². The van der Waals surface area contributed by atoms with Crippen LogP contribution in [0.2, 0.25) is 0 Å². The van der Waals surface area contributed by atoms with E-state index in [1.54, 1.807) is 0 Å². The van der Waals surface area contributed by atoms with Gasteiger partial charge in [-0.05, 0) is 5.56 Å². The van der Waals surface area contributed by atoms with Crippen LogP contribution in [0.5, 0.6) is 5.75 Å². The molecule has 0 radical (unpaired) electrons. The fraction of sp³-hybridized carbons (Fsp3) is 0.235. The molecular formula is C17H17NO6. The van der Waals surface area contributed by atoms with E-state index in [4.69, 9.17) is 9.15 Å². The maximum atomic E-state index is 12.2. The monoisotopic (exact) mass is 331 g/mol. The van der Waals surface area contributed by atoms with E-state index >= 15 is 0 Å². The summed E-state index contributed by atoms with van der Waals surface area (Å²) >= 11 is 0. The number of carbonyl (C=O) groups is 2. The SMILES string of the molecule is CC(=O)NC(Cc1ccccc1)C(=O)OCc1occc(=O)c1O. The highest BCUT2D eigenvalue weighted by molar-refractivity contribution is 5.83. The minimum Gasteiger partial charge on any atom is -0.502 e. The summed E-state index contributed by atoms with van der Waals surface area (Å²) in [6, 6.07) is 9.30. The van der Waals surface area contributed by atoms with Crippen LogP contribution in [0.3, 0.4) is 0 Å². The molecule has 126 valence electrons. The second-order valence-corrected chi connectivity index (χ2v) is 5.11. The van der Waals surface area contributed by atoms with Gasteiger partial charge in [0.2, 0.25) is 17.1 Å². The number of benzene rings is 1. The number of hydrogen-bond acceptors (Lipinski definition) is 6. The van der Waals surface area contributed by atoms with E-state index < -0.39 is 29.8 Å². The molecule has 0 spiro atoms.